The van der Waals surface area contributed by atoms with Gasteiger partial charge in [0.05, 0.1) is 18.0 Å². The number of esters is 1. The van der Waals surface area contributed by atoms with Gasteiger partial charge in [-0.15, -0.1) is 0 Å². The average molecular weight is 284 g/mol. The highest BCUT2D eigenvalue weighted by molar-refractivity contribution is 5.72. The summed E-state index contributed by atoms with van der Waals surface area (Å²) in [5.74, 6) is -1.25. The molecule has 6 nitrogen and oxygen atoms in total. The van der Waals surface area contributed by atoms with E-state index in [4.69, 9.17) is 0 Å². The summed E-state index contributed by atoms with van der Waals surface area (Å²) in [4.78, 5) is 23.4. The van der Waals surface area contributed by atoms with Gasteiger partial charge in [-0.05, 0) is 19.2 Å². The molecular weight excluding hydrogens is 267 g/mol. The molecular formula is C13H17FN2O4. The van der Waals surface area contributed by atoms with Crippen molar-refractivity contribution in [1.29, 1.82) is 0 Å². The monoisotopic (exact) mass is 284 g/mol. The van der Waals surface area contributed by atoms with E-state index in [-0.39, 0.29) is 29.7 Å². The van der Waals surface area contributed by atoms with Gasteiger partial charge in [0.15, 0.2) is 0 Å². The molecule has 0 radical (unpaired) electrons. The van der Waals surface area contributed by atoms with Crippen molar-refractivity contribution in [3.63, 3.8) is 0 Å². The van der Waals surface area contributed by atoms with E-state index in [9.17, 15) is 19.3 Å². The minimum absolute atomic E-state index is 0.135. The molecule has 0 aliphatic carbocycles. The van der Waals surface area contributed by atoms with E-state index >= 15 is 0 Å². The first kappa shape index (κ1) is 16.0. The molecule has 0 saturated heterocycles. The van der Waals surface area contributed by atoms with Crippen LogP contribution in [0.3, 0.4) is 0 Å². The van der Waals surface area contributed by atoms with Crippen LogP contribution in [-0.4, -0.2) is 36.5 Å². The maximum absolute atomic E-state index is 13.2. The SMILES string of the molecule is COC(=O)C(C)CN(C)Cc1cc(F)ccc1[N+](=O)[O-]. The average Bonchev–Trinajstić information content (AvgIpc) is 2.37. The Morgan fingerprint density at radius 2 is 2.20 bits per heavy atom. The van der Waals surface area contributed by atoms with Crippen molar-refractivity contribution in [1.82, 2.24) is 4.90 Å². The van der Waals surface area contributed by atoms with Crippen LogP contribution in [0.1, 0.15) is 12.5 Å². The zero-order valence-corrected chi connectivity index (χ0v) is 11.6. The number of methoxy groups -OCH3 is 1. The minimum atomic E-state index is -0.549. The highest BCUT2D eigenvalue weighted by atomic mass is 19.1. The number of rotatable bonds is 6. The lowest BCUT2D eigenvalue weighted by Crippen LogP contribution is -2.29. The van der Waals surface area contributed by atoms with Gasteiger partial charge in [0.25, 0.3) is 5.69 Å². The van der Waals surface area contributed by atoms with E-state index in [1.807, 2.05) is 0 Å². The van der Waals surface area contributed by atoms with Crippen LogP contribution in [0.4, 0.5) is 10.1 Å². The lowest BCUT2D eigenvalue weighted by molar-refractivity contribution is -0.385. The molecule has 0 fully saturated rings. The van der Waals surface area contributed by atoms with Crippen LogP contribution in [0.2, 0.25) is 0 Å². The van der Waals surface area contributed by atoms with E-state index in [0.717, 1.165) is 18.2 Å². The molecule has 0 N–H and O–H groups in total. The van der Waals surface area contributed by atoms with Gasteiger partial charge in [-0.3, -0.25) is 14.9 Å². The summed E-state index contributed by atoms with van der Waals surface area (Å²) in [6.07, 6.45) is 0. The number of nitro groups is 1. The van der Waals surface area contributed by atoms with Gasteiger partial charge in [-0.1, -0.05) is 6.92 Å². The summed E-state index contributed by atoms with van der Waals surface area (Å²) in [6, 6.07) is 3.33. The standard InChI is InChI=1S/C13H17FN2O4/c1-9(13(17)20-3)7-15(2)8-10-6-11(14)4-5-12(10)16(18)19/h4-6,9H,7-8H2,1-3H3. The van der Waals surface area contributed by atoms with Crippen molar-refractivity contribution < 1.29 is 18.8 Å². The second-order valence-electron chi connectivity index (χ2n) is 4.65. The van der Waals surface area contributed by atoms with Crippen LogP contribution in [0.15, 0.2) is 18.2 Å². The number of carbonyl (C=O) groups excluding carboxylic acids is 1. The molecule has 110 valence electrons. The predicted octanol–water partition coefficient (Wildman–Crippen LogP) is 1.97. The third-order valence-electron chi connectivity index (χ3n) is 2.87. The summed E-state index contributed by atoms with van der Waals surface area (Å²) >= 11 is 0. The fourth-order valence-electron chi connectivity index (χ4n) is 1.96. The molecule has 0 bridgehead atoms. The quantitative estimate of drug-likeness (QED) is 0.453. The lowest BCUT2D eigenvalue weighted by Gasteiger charge is -2.19. The first-order valence-electron chi connectivity index (χ1n) is 6.04. The van der Waals surface area contributed by atoms with Crippen LogP contribution < -0.4 is 0 Å². The normalized spacial score (nSPS) is 12.2. The van der Waals surface area contributed by atoms with Crippen molar-refractivity contribution in [2.24, 2.45) is 5.92 Å². The van der Waals surface area contributed by atoms with Crippen molar-refractivity contribution in [2.75, 3.05) is 20.7 Å². The van der Waals surface area contributed by atoms with Gasteiger partial charge in [-0.2, -0.15) is 0 Å². The number of ether oxygens (including phenoxy) is 1. The van der Waals surface area contributed by atoms with E-state index < -0.39 is 10.7 Å². The van der Waals surface area contributed by atoms with E-state index in [2.05, 4.69) is 4.74 Å². The van der Waals surface area contributed by atoms with Gasteiger partial charge in [0, 0.05) is 24.7 Å². The number of hydrogen-bond donors (Lipinski definition) is 0. The van der Waals surface area contributed by atoms with Crippen LogP contribution in [-0.2, 0) is 16.1 Å². The Kier molecular flexibility index (Phi) is 5.57. The summed E-state index contributed by atoms with van der Waals surface area (Å²) < 4.78 is 17.8. The van der Waals surface area contributed by atoms with Gasteiger partial charge < -0.3 is 9.64 Å². The zero-order valence-electron chi connectivity index (χ0n) is 11.6. The molecule has 0 amide bonds. The third kappa shape index (κ3) is 4.27. The summed E-state index contributed by atoms with van der Waals surface area (Å²) in [5, 5.41) is 10.9. The molecule has 1 aromatic carbocycles. The molecule has 0 aromatic heterocycles. The van der Waals surface area contributed by atoms with Crippen LogP contribution in [0.5, 0.6) is 0 Å². The lowest BCUT2D eigenvalue weighted by atomic mass is 10.1. The van der Waals surface area contributed by atoms with E-state index in [1.54, 1.807) is 18.9 Å². The summed E-state index contributed by atoms with van der Waals surface area (Å²) in [6.45, 7) is 2.23. The molecule has 1 atom stereocenters. The second kappa shape index (κ2) is 6.95. The molecule has 20 heavy (non-hydrogen) atoms. The smallest absolute Gasteiger partial charge is 0.309 e. The molecule has 7 heteroatoms. The van der Waals surface area contributed by atoms with Crippen LogP contribution >= 0.6 is 0 Å². The minimum Gasteiger partial charge on any atom is -0.469 e. The molecule has 1 unspecified atom stereocenters. The predicted molar refractivity (Wildman–Crippen MR) is 70.6 cm³/mol. The summed E-state index contributed by atoms with van der Waals surface area (Å²) in [5.41, 5.74) is 0.138. The molecule has 0 saturated carbocycles. The third-order valence-corrected chi connectivity index (χ3v) is 2.87. The molecule has 0 spiro atoms. The van der Waals surface area contributed by atoms with Gasteiger partial charge >= 0.3 is 5.97 Å². The Bertz CT molecular complexity index is 507. The maximum Gasteiger partial charge on any atom is 0.309 e. The Morgan fingerprint density at radius 1 is 1.55 bits per heavy atom. The van der Waals surface area contributed by atoms with Gasteiger partial charge in [-0.25, -0.2) is 4.39 Å². The van der Waals surface area contributed by atoms with Gasteiger partial charge in [0.1, 0.15) is 5.82 Å². The van der Waals surface area contributed by atoms with Crippen LogP contribution in [0.25, 0.3) is 0 Å². The fourth-order valence-corrected chi connectivity index (χ4v) is 1.96. The highest BCUT2D eigenvalue weighted by Crippen LogP contribution is 2.21. The molecule has 1 aromatic rings. The van der Waals surface area contributed by atoms with E-state index in [1.165, 1.54) is 7.11 Å². The van der Waals surface area contributed by atoms with Crippen molar-refractivity contribution in [2.45, 2.75) is 13.5 Å². The molecule has 0 aliphatic rings. The first-order valence-corrected chi connectivity index (χ1v) is 6.04. The number of hydrogen-bond acceptors (Lipinski definition) is 5. The Morgan fingerprint density at radius 3 is 2.75 bits per heavy atom. The van der Waals surface area contributed by atoms with Crippen molar-refractivity contribution in [3.05, 3.63) is 39.7 Å². The number of nitro benzene ring substituents is 1. The van der Waals surface area contributed by atoms with Crippen molar-refractivity contribution in [3.8, 4) is 0 Å². The second-order valence-corrected chi connectivity index (χ2v) is 4.65. The van der Waals surface area contributed by atoms with E-state index in [0.29, 0.717) is 6.54 Å². The zero-order chi connectivity index (χ0) is 15.3. The first-order chi connectivity index (χ1) is 9.35. The Labute approximate surface area is 116 Å². The Hall–Kier alpha value is -2.02. The topological polar surface area (TPSA) is 72.7 Å². The number of nitrogens with zero attached hydrogens (tertiary/aromatic N) is 2. The largest absolute Gasteiger partial charge is 0.469 e. The van der Waals surface area contributed by atoms with Gasteiger partial charge in [0.2, 0.25) is 0 Å². The highest BCUT2D eigenvalue weighted by Gasteiger charge is 2.19. The molecule has 0 aliphatic heterocycles. The Balaban J connectivity index is 2.79. The molecule has 0 heterocycles. The van der Waals surface area contributed by atoms with Crippen LogP contribution in [0, 0.1) is 21.8 Å². The number of halogens is 1. The number of carbonyl (C=O) groups is 1. The molecule has 1 rings (SSSR count). The maximum atomic E-state index is 13.2. The summed E-state index contributed by atoms with van der Waals surface area (Å²) in [7, 11) is 3.00. The fraction of sp³-hybridized carbons (Fsp3) is 0.462. The number of benzene rings is 1. The van der Waals surface area contributed by atoms with Crippen molar-refractivity contribution >= 4 is 11.7 Å².